The molecule has 2 heteroatoms. The molecule has 0 amide bonds. The molecule has 0 fully saturated rings. The molecule has 0 aliphatic carbocycles. The van der Waals surface area contributed by atoms with Crippen molar-refractivity contribution >= 4 is 60.5 Å². The third kappa shape index (κ3) is 5.04. The number of hydrogen-bond donors (Lipinski definition) is 0. The Morgan fingerprint density at radius 1 is 0.346 bits per heavy atom. The van der Waals surface area contributed by atoms with Gasteiger partial charge in [-0.2, -0.15) is 0 Å². The molecular weight excluding hydrogens is 631 g/mol. The van der Waals surface area contributed by atoms with Gasteiger partial charge in [-0.3, -0.25) is 0 Å². The Balaban J connectivity index is 1.15. The highest BCUT2D eigenvalue weighted by atomic mass is 16.3. The summed E-state index contributed by atoms with van der Waals surface area (Å²) in [5, 5.41) is 7.07. The largest absolute Gasteiger partial charge is 0.455 e. The summed E-state index contributed by atoms with van der Waals surface area (Å²) in [6.45, 7) is 0. The van der Waals surface area contributed by atoms with Crippen LogP contribution in [0.15, 0.2) is 205 Å². The smallest absolute Gasteiger partial charge is 0.143 e. The molecule has 2 nitrogen and oxygen atoms in total. The second kappa shape index (κ2) is 12.5. The highest BCUT2D eigenvalue weighted by molar-refractivity contribution is 6.19. The molecule has 0 bridgehead atoms. The van der Waals surface area contributed by atoms with Crippen molar-refractivity contribution in [2.75, 3.05) is 4.90 Å². The van der Waals surface area contributed by atoms with E-state index >= 15 is 0 Å². The molecule has 0 aliphatic heterocycles. The van der Waals surface area contributed by atoms with Gasteiger partial charge in [-0.1, -0.05) is 158 Å². The number of furan rings is 1. The van der Waals surface area contributed by atoms with Crippen molar-refractivity contribution < 1.29 is 4.42 Å². The van der Waals surface area contributed by atoms with Crippen LogP contribution in [0.1, 0.15) is 0 Å². The predicted molar refractivity (Wildman–Crippen MR) is 220 cm³/mol. The van der Waals surface area contributed by atoms with Crippen LogP contribution in [0.5, 0.6) is 0 Å². The summed E-state index contributed by atoms with van der Waals surface area (Å²) in [5.41, 5.74) is 12.2. The van der Waals surface area contributed by atoms with Crippen LogP contribution in [0.3, 0.4) is 0 Å². The van der Waals surface area contributed by atoms with Crippen LogP contribution in [0.2, 0.25) is 0 Å². The molecule has 10 rings (SSSR count). The van der Waals surface area contributed by atoms with E-state index in [0.717, 1.165) is 55.5 Å². The summed E-state index contributed by atoms with van der Waals surface area (Å²) < 4.78 is 6.57. The quantitative estimate of drug-likeness (QED) is 0.176. The fraction of sp³-hybridized carbons (Fsp3) is 0. The SMILES string of the molecule is c1ccc(-c2ccccc2N(c2ccc(-c3cccc4ccccc34)cc2)c2cccc(-c3cccc4oc5c6ccccc6ccc5c34)c2)cc1. The Bertz CT molecular complexity index is 2900. The van der Waals surface area contributed by atoms with Crippen molar-refractivity contribution in [1.82, 2.24) is 0 Å². The summed E-state index contributed by atoms with van der Waals surface area (Å²) in [6.07, 6.45) is 0. The Morgan fingerprint density at radius 2 is 0.962 bits per heavy atom. The van der Waals surface area contributed by atoms with Crippen molar-refractivity contribution in [1.29, 1.82) is 0 Å². The molecule has 0 aliphatic rings. The van der Waals surface area contributed by atoms with Gasteiger partial charge >= 0.3 is 0 Å². The van der Waals surface area contributed by atoms with Crippen molar-refractivity contribution in [3.8, 4) is 33.4 Å². The van der Waals surface area contributed by atoms with E-state index in [2.05, 4.69) is 205 Å². The molecular formula is C50H33NO. The molecule has 0 unspecified atom stereocenters. The Hall–Kier alpha value is -6.90. The average Bonchev–Trinajstić information content (AvgIpc) is 3.61. The number of fused-ring (bicyclic) bond motifs is 6. The number of para-hydroxylation sites is 1. The highest BCUT2D eigenvalue weighted by Gasteiger charge is 2.20. The Labute approximate surface area is 302 Å². The lowest BCUT2D eigenvalue weighted by Crippen LogP contribution is -2.11. The van der Waals surface area contributed by atoms with Crippen LogP contribution in [-0.2, 0) is 0 Å². The van der Waals surface area contributed by atoms with Gasteiger partial charge < -0.3 is 9.32 Å². The third-order valence-electron chi connectivity index (χ3n) is 10.3. The topological polar surface area (TPSA) is 16.4 Å². The maximum atomic E-state index is 6.57. The van der Waals surface area contributed by atoms with Crippen LogP contribution in [0.4, 0.5) is 17.1 Å². The van der Waals surface area contributed by atoms with Crippen molar-refractivity contribution in [2.45, 2.75) is 0 Å². The fourth-order valence-electron chi connectivity index (χ4n) is 7.83. The third-order valence-corrected chi connectivity index (χ3v) is 10.3. The summed E-state index contributed by atoms with van der Waals surface area (Å²) in [5.74, 6) is 0. The van der Waals surface area contributed by atoms with Crippen molar-refractivity contribution in [3.05, 3.63) is 200 Å². The zero-order valence-electron chi connectivity index (χ0n) is 28.4. The van der Waals surface area contributed by atoms with Crippen LogP contribution < -0.4 is 4.90 Å². The Morgan fingerprint density at radius 3 is 1.83 bits per heavy atom. The van der Waals surface area contributed by atoms with Gasteiger partial charge in [0.25, 0.3) is 0 Å². The van der Waals surface area contributed by atoms with Crippen LogP contribution in [0.25, 0.3) is 76.9 Å². The number of benzene rings is 9. The normalized spacial score (nSPS) is 11.5. The molecule has 0 saturated heterocycles. The second-order valence-electron chi connectivity index (χ2n) is 13.3. The van der Waals surface area contributed by atoms with Gasteiger partial charge in [0.05, 0.1) is 5.69 Å². The van der Waals surface area contributed by atoms with Crippen LogP contribution in [0, 0.1) is 0 Å². The first kappa shape index (κ1) is 30.0. The number of hydrogen-bond acceptors (Lipinski definition) is 2. The Kier molecular flexibility index (Phi) is 7.18. The zero-order valence-corrected chi connectivity index (χ0v) is 28.4. The molecule has 10 aromatic rings. The molecule has 1 heterocycles. The van der Waals surface area contributed by atoms with E-state index in [9.17, 15) is 0 Å². The van der Waals surface area contributed by atoms with Gasteiger partial charge in [0, 0.05) is 33.1 Å². The van der Waals surface area contributed by atoms with E-state index < -0.39 is 0 Å². The number of rotatable bonds is 6. The first-order valence-corrected chi connectivity index (χ1v) is 17.8. The summed E-state index contributed by atoms with van der Waals surface area (Å²) in [4.78, 5) is 2.39. The molecule has 52 heavy (non-hydrogen) atoms. The minimum absolute atomic E-state index is 0.893. The summed E-state index contributed by atoms with van der Waals surface area (Å²) >= 11 is 0. The predicted octanol–water partition coefficient (Wildman–Crippen LogP) is 14.4. The summed E-state index contributed by atoms with van der Waals surface area (Å²) in [7, 11) is 0. The average molecular weight is 664 g/mol. The van der Waals surface area contributed by atoms with E-state index in [1.807, 2.05) is 0 Å². The van der Waals surface area contributed by atoms with E-state index in [-0.39, 0.29) is 0 Å². The van der Waals surface area contributed by atoms with Gasteiger partial charge in [-0.25, -0.2) is 0 Å². The minimum atomic E-state index is 0.893. The molecule has 1 aromatic heterocycles. The number of nitrogens with zero attached hydrogens (tertiary/aromatic N) is 1. The van der Waals surface area contributed by atoms with Gasteiger partial charge in [0.1, 0.15) is 11.2 Å². The molecule has 0 saturated carbocycles. The van der Waals surface area contributed by atoms with E-state index in [4.69, 9.17) is 4.42 Å². The first-order valence-electron chi connectivity index (χ1n) is 17.8. The molecule has 244 valence electrons. The molecule has 0 atom stereocenters. The fourth-order valence-corrected chi connectivity index (χ4v) is 7.83. The van der Waals surface area contributed by atoms with Crippen LogP contribution in [-0.4, -0.2) is 0 Å². The zero-order chi connectivity index (χ0) is 34.4. The number of anilines is 3. The lowest BCUT2D eigenvalue weighted by molar-refractivity contribution is 0.673. The lowest BCUT2D eigenvalue weighted by Gasteiger charge is -2.28. The van der Waals surface area contributed by atoms with E-state index in [0.29, 0.717) is 0 Å². The van der Waals surface area contributed by atoms with Crippen molar-refractivity contribution in [2.24, 2.45) is 0 Å². The van der Waals surface area contributed by atoms with Gasteiger partial charge in [-0.05, 0) is 86.4 Å². The lowest BCUT2D eigenvalue weighted by atomic mass is 9.96. The molecule has 0 radical (unpaired) electrons. The van der Waals surface area contributed by atoms with Crippen molar-refractivity contribution in [3.63, 3.8) is 0 Å². The van der Waals surface area contributed by atoms with Gasteiger partial charge in [0.2, 0.25) is 0 Å². The van der Waals surface area contributed by atoms with Crippen LogP contribution >= 0.6 is 0 Å². The first-order chi connectivity index (χ1) is 25.8. The standard InChI is InChI=1S/C50H33NO/c1-2-13-35(14-3-1)43-21-8-9-25-47(43)51(39-30-27-37(28-31-39)42-23-11-17-34-15-4-6-20-41(34)42)40-19-10-18-38(33-40)44-24-12-26-48-49(44)46-32-29-36-16-5-7-22-45(36)50(46)52-48/h1-33H. The van der Waals surface area contributed by atoms with Gasteiger partial charge in [0.15, 0.2) is 0 Å². The summed E-state index contributed by atoms with van der Waals surface area (Å²) in [6, 6.07) is 71.6. The second-order valence-corrected chi connectivity index (χ2v) is 13.3. The molecule has 9 aromatic carbocycles. The van der Waals surface area contributed by atoms with E-state index in [1.165, 1.54) is 38.4 Å². The monoisotopic (exact) mass is 663 g/mol. The minimum Gasteiger partial charge on any atom is -0.455 e. The molecule has 0 N–H and O–H groups in total. The maximum Gasteiger partial charge on any atom is 0.143 e. The highest BCUT2D eigenvalue weighted by Crippen LogP contribution is 2.44. The molecule has 0 spiro atoms. The van der Waals surface area contributed by atoms with Gasteiger partial charge in [-0.15, -0.1) is 0 Å². The van der Waals surface area contributed by atoms with E-state index in [1.54, 1.807) is 0 Å². The maximum absolute atomic E-state index is 6.57.